The Morgan fingerprint density at radius 2 is 1.86 bits per heavy atom. The number of carbonyl (C=O) groups is 2. The lowest BCUT2D eigenvalue weighted by atomic mass is 10.1. The van der Waals surface area contributed by atoms with Crippen LogP contribution in [0.3, 0.4) is 0 Å². The van der Waals surface area contributed by atoms with Crippen molar-refractivity contribution in [3.05, 3.63) is 29.8 Å². The van der Waals surface area contributed by atoms with Crippen LogP contribution >= 0.6 is 11.8 Å². The van der Waals surface area contributed by atoms with Crippen LogP contribution in [0.5, 0.6) is 0 Å². The van der Waals surface area contributed by atoms with Gasteiger partial charge in [-0.1, -0.05) is 0 Å². The Morgan fingerprint density at radius 1 is 1.27 bits per heavy atom. The zero-order valence-corrected chi connectivity index (χ0v) is 14.3. The summed E-state index contributed by atoms with van der Waals surface area (Å²) < 4.78 is 5.37. The zero-order valence-electron chi connectivity index (χ0n) is 13.5. The third kappa shape index (κ3) is 6.39. The van der Waals surface area contributed by atoms with Gasteiger partial charge in [-0.15, -0.1) is 0 Å². The number of nitrogens with two attached hydrogens (primary N) is 1. The lowest BCUT2D eigenvalue weighted by Crippen LogP contribution is -2.44. The molecule has 0 radical (unpaired) electrons. The first-order valence-electron chi connectivity index (χ1n) is 7.11. The Kier molecular flexibility index (Phi) is 6.74. The fourth-order valence-corrected chi connectivity index (χ4v) is 2.21. The molecule has 1 aromatic rings. The van der Waals surface area contributed by atoms with Crippen LogP contribution in [-0.2, 0) is 9.53 Å². The number of hydrogen-bond donors (Lipinski definition) is 2. The Balaban J connectivity index is 2.77. The Labute approximate surface area is 136 Å². The number of nitrogens with one attached hydrogen (secondary N) is 1. The summed E-state index contributed by atoms with van der Waals surface area (Å²) in [5.41, 5.74) is 6.07. The molecule has 0 heterocycles. The summed E-state index contributed by atoms with van der Waals surface area (Å²) in [6.45, 7) is 5.41. The number of nitrogen functional groups attached to an aromatic ring is 1. The molecule has 22 heavy (non-hydrogen) atoms. The number of carbonyl (C=O) groups excluding carboxylic acids is 2. The van der Waals surface area contributed by atoms with Gasteiger partial charge >= 0.3 is 5.97 Å². The summed E-state index contributed by atoms with van der Waals surface area (Å²) in [6, 6.07) is 5.91. The number of rotatable bonds is 6. The standard InChI is InChI=1S/C16H24N2O3S/c1-16(2,3)21-15(20)13(9-10-22-4)18-14(19)11-5-7-12(17)8-6-11/h5-8,13H,9-10,17H2,1-4H3,(H,18,19). The van der Waals surface area contributed by atoms with E-state index in [9.17, 15) is 9.59 Å². The van der Waals surface area contributed by atoms with E-state index in [0.29, 0.717) is 17.7 Å². The fraction of sp³-hybridized carbons (Fsp3) is 0.500. The summed E-state index contributed by atoms with van der Waals surface area (Å²) in [5, 5.41) is 2.74. The smallest absolute Gasteiger partial charge is 0.329 e. The molecule has 6 heteroatoms. The molecule has 0 aromatic heterocycles. The van der Waals surface area contributed by atoms with Crippen LogP contribution in [0.1, 0.15) is 37.6 Å². The van der Waals surface area contributed by atoms with Gasteiger partial charge in [0.1, 0.15) is 11.6 Å². The minimum atomic E-state index is -0.656. The van der Waals surface area contributed by atoms with Crippen LogP contribution in [0.25, 0.3) is 0 Å². The van der Waals surface area contributed by atoms with Crippen molar-refractivity contribution in [2.45, 2.75) is 38.8 Å². The number of ether oxygens (including phenoxy) is 1. The van der Waals surface area contributed by atoms with Crippen LogP contribution in [0, 0.1) is 0 Å². The lowest BCUT2D eigenvalue weighted by molar-refractivity contribution is -0.157. The number of amides is 1. The first-order valence-corrected chi connectivity index (χ1v) is 8.50. The summed E-state index contributed by atoms with van der Waals surface area (Å²) >= 11 is 1.61. The molecule has 0 saturated carbocycles. The van der Waals surface area contributed by atoms with Crippen molar-refractivity contribution >= 4 is 29.3 Å². The van der Waals surface area contributed by atoms with Crippen LogP contribution < -0.4 is 11.1 Å². The van der Waals surface area contributed by atoms with Crippen molar-refractivity contribution < 1.29 is 14.3 Å². The molecule has 0 spiro atoms. The topological polar surface area (TPSA) is 81.4 Å². The summed E-state index contributed by atoms with van der Waals surface area (Å²) in [6.07, 6.45) is 2.48. The highest BCUT2D eigenvalue weighted by Crippen LogP contribution is 2.12. The van der Waals surface area contributed by atoms with Gasteiger partial charge < -0.3 is 15.8 Å². The quantitative estimate of drug-likeness (QED) is 0.620. The van der Waals surface area contributed by atoms with E-state index in [-0.39, 0.29) is 5.91 Å². The number of thioether (sulfide) groups is 1. The van der Waals surface area contributed by atoms with Gasteiger partial charge in [0, 0.05) is 11.3 Å². The van der Waals surface area contributed by atoms with E-state index < -0.39 is 17.6 Å². The Bertz CT molecular complexity index is 509. The molecule has 1 rings (SSSR count). The highest BCUT2D eigenvalue weighted by atomic mass is 32.2. The van der Waals surface area contributed by atoms with Crippen LogP contribution in [0.4, 0.5) is 5.69 Å². The molecular formula is C16H24N2O3S. The van der Waals surface area contributed by atoms with E-state index in [1.165, 1.54) is 0 Å². The monoisotopic (exact) mass is 324 g/mol. The minimum Gasteiger partial charge on any atom is -0.458 e. The van der Waals surface area contributed by atoms with Crippen molar-refractivity contribution in [2.75, 3.05) is 17.7 Å². The predicted octanol–water partition coefficient (Wildman–Crippen LogP) is 2.46. The number of anilines is 1. The third-order valence-electron chi connectivity index (χ3n) is 2.78. The molecule has 1 unspecified atom stereocenters. The van der Waals surface area contributed by atoms with Crippen molar-refractivity contribution in [1.82, 2.24) is 5.32 Å². The van der Waals surface area contributed by atoms with Crippen LogP contribution in [-0.4, -0.2) is 35.5 Å². The highest BCUT2D eigenvalue weighted by Gasteiger charge is 2.26. The van der Waals surface area contributed by atoms with Crippen molar-refractivity contribution in [1.29, 1.82) is 0 Å². The Morgan fingerprint density at radius 3 is 2.36 bits per heavy atom. The van der Waals surface area contributed by atoms with Gasteiger partial charge in [-0.3, -0.25) is 4.79 Å². The second kappa shape index (κ2) is 8.08. The van der Waals surface area contributed by atoms with Crippen molar-refractivity contribution in [3.63, 3.8) is 0 Å². The molecule has 1 amide bonds. The van der Waals surface area contributed by atoms with Gasteiger partial charge in [-0.25, -0.2) is 4.79 Å². The number of esters is 1. The highest BCUT2D eigenvalue weighted by molar-refractivity contribution is 7.98. The summed E-state index contributed by atoms with van der Waals surface area (Å²) in [7, 11) is 0. The van der Waals surface area contributed by atoms with Gasteiger partial charge in [-0.2, -0.15) is 11.8 Å². The molecule has 3 N–H and O–H groups in total. The average Bonchev–Trinajstić information content (AvgIpc) is 2.42. The summed E-state index contributed by atoms with van der Waals surface area (Å²) in [5.74, 6) is 0.0358. The molecule has 0 aliphatic carbocycles. The summed E-state index contributed by atoms with van der Waals surface area (Å²) in [4.78, 5) is 24.5. The molecule has 0 fully saturated rings. The first kappa shape index (κ1) is 18.4. The fourth-order valence-electron chi connectivity index (χ4n) is 1.73. The van der Waals surface area contributed by atoms with E-state index in [2.05, 4.69) is 5.32 Å². The van der Waals surface area contributed by atoms with Gasteiger partial charge in [0.15, 0.2) is 0 Å². The van der Waals surface area contributed by atoms with E-state index in [1.807, 2.05) is 6.26 Å². The lowest BCUT2D eigenvalue weighted by Gasteiger charge is -2.24. The number of benzene rings is 1. The van der Waals surface area contributed by atoms with Crippen LogP contribution in [0.15, 0.2) is 24.3 Å². The van der Waals surface area contributed by atoms with Crippen molar-refractivity contribution in [3.8, 4) is 0 Å². The SMILES string of the molecule is CSCCC(NC(=O)c1ccc(N)cc1)C(=O)OC(C)(C)C. The van der Waals surface area contributed by atoms with Gasteiger partial charge in [0.25, 0.3) is 5.91 Å². The zero-order chi connectivity index (χ0) is 16.8. The average molecular weight is 324 g/mol. The molecular weight excluding hydrogens is 300 g/mol. The third-order valence-corrected chi connectivity index (χ3v) is 3.42. The molecule has 0 aliphatic heterocycles. The molecule has 0 saturated heterocycles. The predicted molar refractivity (Wildman–Crippen MR) is 91.0 cm³/mol. The molecule has 1 atom stereocenters. The molecule has 1 aromatic carbocycles. The Hall–Kier alpha value is -1.69. The number of hydrogen-bond acceptors (Lipinski definition) is 5. The van der Waals surface area contributed by atoms with E-state index in [0.717, 1.165) is 5.75 Å². The second-order valence-electron chi connectivity index (χ2n) is 5.96. The normalized spacial score (nSPS) is 12.5. The molecule has 122 valence electrons. The molecule has 0 aliphatic rings. The van der Waals surface area contributed by atoms with E-state index >= 15 is 0 Å². The largest absolute Gasteiger partial charge is 0.458 e. The second-order valence-corrected chi connectivity index (χ2v) is 6.95. The molecule has 5 nitrogen and oxygen atoms in total. The van der Waals surface area contributed by atoms with E-state index in [4.69, 9.17) is 10.5 Å². The first-order chi connectivity index (χ1) is 10.2. The maximum Gasteiger partial charge on any atom is 0.329 e. The van der Waals surface area contributed by atoms with Gasteiger partial charge in [0.2, 0.25) is 0 Å². The van der Waals surface area contributed by atoms with E-state index in [1.54, 1.807) is 56.8 Å². The minimum absolute atomic E-state index is 0.308. The maximum atomic E-state index is 12.2. The maximum absolute atomic E-state index is 12.2. The molecule has 0 bridgehead atoms. The van der Waals surface area contributed by atoms with Gasteiger partial charge in [-0.05, 0) is 63.5 Å². The van der Waals surface area contributed by atoms with Crippen molar-refractivity contribution in [2.24, 2.45) is 0 Å². The van der Waals surface area contributed by atoms with Crippen LogP contribution in [0.2, 0.25) is 0 Å². The van der Waals surface area contributed by atoms with Gasteiger partial charge in [0.05, 0.1) is 0 Å².